The summed E-state index contributed by atoms with van der Waals surface area (Å²) in [6.07, 6.45) is 1.65. The molecule has 0 bridgehead atoms. The third kappa shape index (κ3) is 3.24. The number of aryl methyl sites for hydroxylation is 2. The first-order chi connectivity index (χ1) is 11.5. The van der Waals surface area contributed by atoms with Crippen molar-refractivity contribution in [1.29, 1.82) is 0 Å². The number of carbonyl (C=O) groups is 1. The highest BCUT2D eigenvalue weighted by molar-refractivity contribution is 6.31. The molecule has 0 unspecified atom stereocenters. The number of carbonyl (C=O) groups excluding carboxylic acids is 1. The lowest BCUT2D eigenvalue weighted by Gasteiger charge is -2.09. The zero-order valence-electron chi connectivity index (χ0n) is 13.9. The molecule has 0 saturated carbocycles. The van der Waals surface area contributed by atoms with Crippen LogP contribution in [0.1, 0.15) is 33.1 Å². The molecule has 0 atom stereocenters. The van der Waals surface area contributed by atoms with Gasteiger partial charge in [-0.25, -0.2) is 0 Å². The Balaban J connectivity index is 1.83. The fraction of sp³-hybridized carbons (Fsp3) is 0.211. The fourth-order valence-corrected chi connectivity index (χ4v) is 2.88. The van der Waals surface area contributed by atoms with E-state index in [2.05, 4.69) is 9.88 Å². The van der Waals surface area contributed by atoms with Gasteiger partial charge in [-0.15, -0.1) is 0 Å². The lowest BCUT2D eigenvalue weighted by atomic mass is 10.2. The van der Waals surface area contributed by atoms with Gasteiger partial charge in [-0.3, -0.25) is 4.79 Å². The number of benzene rings is 1. The Morgan fingerprint density at radius 1 is 1.21 bits per heavy atom. The summed E-state index contributed by atoms with van der Waals surface area (Å²) >= 11 is 6.12. The molecule has 1 aromatic carbocycles. The zero-order valence-corrected chi connectivity index (χ0v) is 14.6. The van der Waals surface area contributed by atoms with Crippen molar-refractivity contribution in [2.24, 2.45) is 0 Å². The normalized spacial score (nSPS) is 10.8. The van der Waals surface area contributed by atoms with Crippen molar-refractivity contribution in [1.82, 2.24) is 4.57 Å². The summed E-state index contributed by atoms with van der Waals surface area (Å²) in [4.78, 5) is 12.6. The van der Waals surface area contributed by atoms with Crippen LogP contribution in [0.3, 0.4) is 0 Å². The van der Waals surface area contributed by atoms with E-state index in [9.17, 15) is 4.79 Å². The molecule has 1 N–H and O–H groups in total. The number of anilines is 1. The fourth-order valence-electron chi connectivity index (χ4n) is 2.70. The highest BCUT2D eigenvalue weighted by Crippen LogP contribution is 2.22. The van der Waals surface area contributed by atoms with E-state index in [1.165, 1.54) is 0 Å². The number of furan rings is 1. The number of aromatic nitrogens is 1. The largest absolute Gasteiger partial charge is 0.467 e. The molecule has 2 heterocycles. The lowest BCUT2D eigenvalue weighted by molar-refractivity contribution is 0.102. The summed E-state index contributed by atoms with van der Waals surface area (Å²) in [5, 5.41) is 3.54. The van der Waals surface area contributed by atoms with E-state index in [-0.39, 0.29) is 5.91 Å². The molecule has 4 nitrogen and oxygen atoms in total. The molecule has 3 aromatic rings. The third-order valence-electron chi connectivity index (χ3n) is 4.14. The summed E-state index contributed by atoms with van der Waals surface area (Å²) in [5.74, 6) is 0.711. The van der Waals surface area contributed by atoms with Gasteiger partial charge >= 0.3 is 0 Å². The van der Waals surface area contributed by atoms with E-state index in [0.717, 1.165) is 22.7 Å². The second-order valence-electron chi connectivity index (χ2n) is 5.87. The van der Waals surface area contributed by atoms with Crippen LogP contribution in [-0.2, 0) is 6.54 Å². The molecular formula is C19H19ClN2O2. The first-order valence-electron chi connectivity index (χ1n) is 7.72. The quantitative estimate of drug-likeness (QED) is 0.728. The maximum absolute atomic E-state index is 12.6. The SMILES string of the molecule is Cc1ccc(NC(=O)c2cc(C)n(Cc3ccco3)c2C)cc1Cl. The minimum absolute atomic E-state index is 0.145. The second kappa shape index (κ2) is 6.57. The summed E-state index contributed by atoms with van der Waals surface area (Å²) in [6, 6.07) is 11.2. The van der Waals surface area contributed by atoms with Gasteiger partial charge in [0, 0.05) is 22.1 Å². The van der Waals surface area contributed by atoms with Crippen LogP contribution in [0.25, 0.3) is 0 Å². The van der Waals surface area contributed by atoms with Crippen molar-refractivity contribution in [3.63, 3.8) is 0 Å². The first-order valence-corrected chi connectivity index (χ1v) is 8.10. The van der Waals surface area contributed by atoms with Gasteiger partial charge in [-0.2, -0.15) is 0 Å². The highest BCUT2D eigenvalue weighted by Gasteiger charge is 2.16. The van der Waals surface area contributed by atoms with Crippen LogP contribution >= 0.6 is 11.6 Å². The molecule has 0 aliphatic carbocycles. The molecule has 24 heavy (non-hydrogen) atoms. The van der Waals surface area contributed by atoms with Crippen molar-refractivity contribution < 1.29 is 9.21 Å². The van der Waals surface area contributed by atoms with Gasteiger partial charge in [-0.1, -0.05) is 17.7 Å². The molecule has 124 valence electrons. The molecule has 0 saturated heterocycles. The second-order valence-corrected chi connectivity index (χ2v) is 6.28. The Hall–Kier alpha value is -2.46. The number of hydrogen-bond donors (Lipinski definition) is 1. The van der Waals surface area contributed by atoms with Crippen molar-refractivity contribution >= 4 is 23.2 Å². The Morgan fingerprint density at radius 2 is 2.00 bits per heavy atom. The van der Waals surface area contributed by atoms with Crippen LogP contribution in [0.2, 0.25) is 5.02 Å². The summed E-state index contributed by atoms with van der Waals surface area (Å²) in [7, 11) is 0. The average molecular weight is 343 g/mol. The molecule has 1 amide bonds. The van der Waals surface area contributed by atoms with Crippen molar-refractivity contribution in [3.05, 3.63) is 76.0 Å². The Labute approximate surface area is 146 Å². The number of hydrogen-bond acceptors (Lipinski definition) is 2. The molecular weight excluding hydrogens is 324 g/mol. The molecule has 0 spiro atoms. The topological polar surface area (TPSA) is 47.2 Å². The van der Waals surface area contributed by atoms with E-state index >= 15 is 0 Å². The van der Waals surface area contributed by atoms with Crippen LogP contribution in [0, 0.1) is 20.8 Å². The Kier molecular flexibility index (Phi) is 4.49. The lowest BCUT2D eigenvalue weighted by Crippen LogP contribution is -2.13. The van der Waals surface area contributed by atoms with Gasteiger partial charge in [0.05, 0.1) is 18.4 Å². The highest BCUT2D eigenvalue weighted by atomic mass is 35.5. The molecule has 0 aliphatic heterocycles. The Bertz CT molecular complexity index is 879. The number of nitrogens with zero attached hydrogens (tertiary/aromatic N) is 1. The molecule has 0 fully saturated rings. The maximum Gasteiger partial charge on any atom is 0.257 e. The maximum atomic E-state index is 12.6. The number of nitrogens with one attached hydrogen (secondary N) is 1. The summed E-state index contributed by atoms with van der Waals surface area (Å²) in [6.45, 7) is 6.45. The Morgan fingerprint density at radius 3 is 2.67 bits per heavy atom. The number of rotatable bonds is 4. The third-order valence-corrected chi connectivity index (χ3v) is 4.55. The van der Waals surface area contributed by atoms with Crippen molar-refractivity contribution in [3.8, 4) is 0 Å². The smallest absolute Gasteiger partial charge is 0.257 e. The number of amides is 1. The summed E-state index contributed by atoms with van der Waals surface area (Å²) < 4.78 is 7.47. The van der Waals surface area contributed by atoms with Gasteiger partial charge in [0.25, 0.3) is 5.91 Å². The van der Waals surface area contributed by atoms with Crippen molar-refractivity contribution in [2.75, 3.05) is 5.32 Å². The van der Waals surface area contributed by atoms with Gasteiger partial charge in [-0.05, 0) is 56.7 Å². The van der Waals surface area contributed by atoms with E-state index in [4.69, 9.17) is 16.0 Å². The van der Waals surface area contributed by atoms with Crippen LogP contribution < -0.4 is 5.32 Å². The molecule has 2 aromatic heterocycles. The van der Waals surface area contributed by atoms with Crippen LogP contribution in [0.4, 0.5) is 5.69 Å². The number of halogens is 1. The minimum Gasteiger partial charge on any atom is -0.467 e. The van der Waals surface area contributed by atoms with Crippen LogP contribution in [0.15, 0.2) is 47.1 Å². The van der Waals surface area contributed by atoms with Gasteiger partial charge in [0.1, 0.15) is 5.76 Å². The zero-order chi connectivity index (χ0) is 17.3. The standard InChI is InChI=1S/C19H19ClN2O2/c1-12-6-7-15(10-18(12)20)21-19(23)17-9-13(2)22(14(17)3)11-16-5-4-8-24-16/h4-10H,11H2,1-3H3,(H,21,23). The molecule has 5 heteroatoms. The monoisotopic (exact) mass is 342 g/mol. The van der Waals surface area contributed by atoms with Crippen molar-refractivity contribution in [2.45, 2.75) is 27.3 Å². The van der Waals surface area contributed by atoms with E-state index < -0.39 is 0 Å². The van der Waals surface area contributed by atoms with Crippen LogP contribution in [-0.4, -0.2) is 10.5 Å². The molecule has 0 radical (unpaired) electrons. The predicted octanol–water partition coefficient (Wildman–Crippen LogP) is 4.96. The van der Waals surface area contributed by atoms with E-state index in [0.29, 0.717) is 22.8 Å². The predicted molar refractivity (Wildman–Crippen MR) is 95.9 cm³/mol. The molecule has 3 rings (SSSR count). The van der Waals surface area contributed by atoms with E-state index in [1.54, 1.807) is 12.3 Å². The average Bonchev–Trinajstić information content (AvgIpc) is 3.14. The summed E-state index contributed by atoms with van der Waals surface area (Å²) in [5.41, 5.74) is 4.23. The molecule has 0 aliphatic rings. The van der Waals surface area contributed by atoms with Gasteiger partial charge < -0.3 is 14.3 Å². The van der Waals surface area contributed by atoms with Gasteiger partial charge in [0.15, 0.2) is 0 Å². The van der Waals surface area contributed by atoms with Crippen LogP contribution in [0.5, 0.6) is 0 Å². The minimum atomic E-state index is -0.145. The van der Waals surface area contributed by atoms with Gasteiger partial charge in [0.2, 0.25) is 0 Å². The van der Waals surface area contributed by atoms with E-state index in [1.807, 2.05) is 51.1 Å². The first kappa shape index (κ1) is 16.4.